The van der Waals surface area contributed by atoms with E-state index in [1.54, 1.807) is 0 Å². The molecule has 144 valence electrons. The van der Waals surface area contributed by atoms with Gasteiger partial charge in [-0.05, 0) is 0 Å². The van der Waals surface area contributed by atoms with Gasteiger partial charge in [0.1, 0.15) is 0 Å². The normalized spacial score (nSPS) is 42.0. The Bertz CT molecular complexity index is 408. The molecule has 0 aromatic rings. The van der Waals surface area contributed by atoms with Gasteiger partial charge < -0.3 is 0 Å². The molecule has 0 N–H and O–H groups in total. The van der Waals surface area contributed by atoms with Crippen LogP contribution < -0.4 is 0 Å². The summed E-state index contributed by atoms with van der Waals surface area (Å²) in [5.74, 6) is 0. The second-order valence-electron chi connectivity index (χ2n) is 4.62. The molecule has 0 aromatic heterocycles. The average Bonchev–Trinajstić information content (AvgIpc) is 2.28. The van der Waals surface area contributed by atoms with E-state index in [1.165, 1.54) is 0 Å². The van der Waals surface area contributed by atoms with Crippen LogP contribution in [0.4, 0.5) is 70.2 Å². The first kappa shape index (κ1) is 20.9. The lowest BCUT2D eigenvalue weighted by Gasteiger charge is -2.65. The van der Waals surface area contributed by atoms with Gasteiger partial charge in [-0.3, -0.25) is 0 Å². The monoisotopic (exact) mass is 400 g/mol. The fraction of sp³-hybridized carbons (Fsp3) is 1.00. The maximum atomic E-state index is 13.5. The van der Waals surface area contributed by atoms with Crippen molar-refractivity contribution in [1.29, 1.82) is 0 Å². The Balaban J connectivity index is 4.09. The molecule has 1 saturated carbocycles. The van der Waals surface area contributed by atoms with E-state index in [0.29, 0.717) is 0 Å². The van der Waals surface area contributed by atoms with Crippen molar-refractivity contribution in [2.75, 3.05) is 0 Å². The quantitative estimate of drug-likeness (QED) is 0.498. The summed E-state index contributed by atoms with van der Waals surface area (Å²) in [6.07, 6.45) is -31.4. The van der Waals surface area contributed by atoms with Gasteiger partial charge in [0.15, 0.2) is 0 Å². The Labute approximate surface area is 119 Å². The summed E-state index contributed by atoms with van der Waals surface area (Å²) in [7, 11) is 0. The highest BCUT2D eigenvalue weighted by Crippen LogP contribution is 2.81. The lowest BCUT2D eigenvalue weighted by atomic mass is 9.46. The summed E-state index contributed by atoms with van der Waals surface area (Å²) >= 11 is 0. The average molecular weight is 400 g/mol. The third kappa shape index (κ3) is 1.64. The van der Waals surface area contributed by atoms with E-state index in [1.807, 2.05) is 0 Å². The van der Waals surface area contributed by atoms with Crippen molar-refractivity contribution < 1.29 is 70.2 Å². The molecular weight excluding hydrogens is 400 g/mol. The molecule has 0 heterocycles. The van der Waals surface area contributed by atoms with Gasteiger partial charge in [-0.2, -0.15) is 52.7 Å². The van der Waals surface area contributed by atoms with Crippen molar-refractivity contribution in [1.82, 2.24) is 0 Å². The van der Waals surface area contributed by atoms with Gasteiger partial charge in [0, 0.05) is 0 Å². The van der Waals surface area contributed by atoms with Crippen LogP contribution in [0.1, 0.15) is 0 Å². The van der Waals surface area contributed by atoms with Gasteiger partial charge in [-0.1, -0.05) is 0 Å². The fourth-order valence-corrected chi connectivity index (χ4v) is 2.45. The van der Waals surface area contributed by atoms with Crippen molar-refractivity contribution in [2.45, 2.75) is 47.4 Å². The standard InChI is InChI=1S/C8F16/c9-1(5(13,14)15)2(10,6(16,17)18)4(12,8(22,23)24)3(1,11)7(19,20)21. The van der Waals surface area contributed by atoms with Crippen LogP contribution in [0, 0.1) is 0 Å². The van der Waals surface area contributed by atoms with Crippen molar-refractivity contribution in [3.63, 3.8) is 0 Å². The van der Waals surface area contributed by atoms with Crippen LogP contribution in [-0.2, 0) is 0 Å². The Morgan fingerprint density at radius 1 is 0.292 bits per heavy atom. The van der Waals surface area contributed by atoms with Crippen molar-refractivity contribution >= 4 is 0 Å². The first-order chi connectivity index (χ1) is 10.0. The molecule has 0 saturated heterocycles. The summed E-state index contributed by atoms with van der Waals surface area (Å²) in [5, 5.41) is 0. The van der Waals surface area contributed by atoms with E-state index in [2.05, 4.69) is 0 Å². The highest BCUT2D eigenvalue weighted by Gasteiger charge is 3.16. The van der Waals surface area contributed by atoms with E-state index in [-0.39, 0.29) is 0 Å². The smallest absolute Gasteiger partial charge is 0.225 e. The molecule has 0 spiro atoms. The minimum absolute atomic E-state index is 7.86. The van der Waals surface area contributed by atoms with Crippen LogP contribution >= 0.6 is 0 Å². The van der Waals surface area contributed by atoms with Gasteiger partial charge in [0.2, 0.25) is 0 Å². The Morgan fingerprint density at radius 3 is 0.417 bits per heavy atom. The second kappa shape index (κ2) is 4.34. The molecule has 0 nitrogen and oxygen atoms in total. The van der Waals surface area contributed by atoms with Crippen molar-refractivity contribution in [3.8, 4) is 0 Å². The summed E-state index contributed by atoms with van der Waals surface area (Å²) in [4.78, 5) is 0. The molecule has 0 amide bonds. The van der Waals surface area contributed by atoms with Crippen LogP contribution in [0.3, 0.4) is 0 Å². The van der Waals surface area contributed by atoms with Gasteiger partial charge in [-0.25, -0.2) is 17.6 Å². The second-order valence-corrected chi connectivity index (χ2v) is 4.62. The molecule has 0 bridgehead atoms. The summed E-state index contributed by atoms with van der Waals surface area (Å²) in [6.45, 7) is 0. The predicted octanol–water partition coefficient (Wildman–Crippen LogP) is 5.08. The Morgan fingerprint density at radius 2 is 0.375 bits per heavy atom. The Kier molecular flexibility index (Phi) is 3.78. The van der Waals surface area contributed by atoms with Crippen LogP contribution in [-0.4, -0.2) is 47.4 Å². The molecule has 24 heavy (non-hydrogen) atoms. The van der Waals surface area contributed by atoms with Crippen LogP contribution in [0.25, 0.3) is 0 Å². The molecule has 1 aliphatic rings. The number of alkyl halides is 16. The highest BCUT2D eigenvalue weighted by molar-refractivity contribution is 5.46. The lowest BCUT2D eigenvalue weighted by Crippen LogP contribution is -3.01. The zero-order valence-electron chi connectivity index (χ0n) is 10.0. The lowest BCUT2D eigenvalue weighted by molar-refractivity contribution is -0.549. The van der Waals surface area contributed by atoms with Crippen LogP contribution in [0.2, 0.25) is 0 Å². The first-order valence-electron chi connectivity index (χ1n) is 5.02. The maximum absolute atomic E-state index is 13.5. The topological polar surface area (TPSA) is 0 Å². The van der Waals surface area contributed by atoms with Gasteiger partial charge >= 0.3 is 24.7 Å². The molecule has 0 radical (unpaired) electrons. The molecular formula is C8F16. The molecule has 1 rings (SSSR count). The molecule has 0 aliphatic heterocycles. The van der Waals surface area contributed by atoms with E-state index >= 15 is 0 Å². The fourth-order valence-electron chi connectivity index (χ4n) is 2.45. The van der Waals surface area contributed by atoms with Gasteiger partial charge in [-0.15, -0.1) is 0 Å². The summed E-state index contributed by atoms with van der Waals surface area (Å²) in [6, 6.07) is 0. The van der Waals surface area contributed by atoms with E-state index in [9.17, 15) is 70.2 Å². The van der Waals surface area contributed by atoms with E-state index < -0.39 is 47.4 Å². The maximum Gasteiger partial charge on any atom is 0.430 e. The van der Waals surface area contributed by atoms with Crippen molar-refractivity contribution in [2.24, 2.45) is 0 Å². The molecule has 16 heteroatoms. The Hall–Kier alpha value is -1.12. The highest BCUT2D eigenvalue weighted by atomic mass is 19.4. The van der Waals surface area contributed by atoms with Crippen LogP contribution in [0.15, 0.2) is 0 Å². The predicted molar refractivity (Wildman–Crippen MR) is 39.6 cm³/mol. The SMILES string of the molecule is FC(F)(F)C1(F)C(F)(C(F)(F)F)C(F)(C(F)(F)F)C1(F)C(F)(F)F. The summed E-state index contributed by atoms with van der Waals surface area (Å²) < 4.78 is 201. The third-order valence-electron chi connectivity index (χ3n) is 3.46. The van der Waals surface area contributed by atoms with E-state index in [0.717, 1.165) is 0 Å². The largest absolute Gasteiger partial charge is 0.430 e. The minimum Gasteiger partial charge on any atom is -0.225 e. The van der Waals surface area contributed by atoms with Crippen LogP contribution in [0.5, 0.6) is 0 Å². The first-order valence-corrected chi connectivity index (χ1v) is 5.02. The van der Waals surface area contributed by atoms with Gasteiger partial charge in [0.05, 0.1) is 0 Å². The third-order valence-corrected chi connectivity index (χ3v) is 3.46. The summed E-state index contributed by atoms with van der Waals surface area (Å²) in [5.41, 5.74) is -31.8. The zero-order valence-corrected chi connectivity index (χ0v) is 10.0. The van der Waals surface area contributed by atoms with E-state index in [4.69, 9.17) is 0 Å². The minimum atomic E-state index is -7.95. The van der Waals surface area contributed by atoms with Gasteiger partial charge in [0.25, 0.3) is 22.7 Å². The molecule has 1 aliphatic carbocycles. The molecule has 0 unspecified atom stereocenters. The number of hydrogen-bond donors (Lipinski definition) is 0. The van der Waals surface area contributed by atoms with Crippen molar-refractivity contribution in [3.05, 3.63) is 0 Å². The molecule has 0 aromatic carbocycles. The number of rotatable bonds is 0. The number of hydrogen-bond acceptors (Lipinski definition) is 0. The number of halogens is 16. The molecule has 1 fully saturated rings. The zero-order chi connectivity index (χ0) is 20.0. The molecule has 0 atom stereocenters.